The van der Waals surface area contributed by atoms with Gasteiger partial charge in [0.25, 0.3) is 0 Å². The quantitative estimate of drug-likeness (QED) is 0.863. The lowest BCUT2D eigenvalue weighted by atomic mass is 10.0. The van der Waals surface area contributed by atoms with Gasteiger partial charge in [0.15, 0.2) is 0 Å². The van der Waals surface area contributed by atoms with E-state index in [9.17, 15) is 9.59 Å². The third-order valence-corrected chi connectivity index (χ3v) is 3.92. The number of benzene rings is 1. The van der Waals surface area contributed by atoms with Crippen LogP contribution in [0.3, 0.4) is 0 Å². The summed E-state index contributed by atoms with van der Waals surface area (Å²) >= 11 is 0. The largest absolute Gasteiger partial charge is 0.344 e. The van der Waals surface area contributed by atoms with E-state index in [1.165, 1.54) is 0 Å². The first kappa shape index (κ1) is 18.5. The zero-order valence-electron chi connectivity index (χ0n) is 12.9. The molecule has 1 fully saturated rings. The third-order valence-electron chi connectivity index (χ3n) is 3.92. The molecule has 0 aromatic heterocycles. The van der Waals surface area contributed by atoms with Gasteiger partial charge in [-0.15, -0.1) is 12.4 Å². The van der Waals surface area contributed by atoms with E-state index in [0.717, 1.165) is 18.5 Å². The van der Waals surface area contributed by atoms with Crippen LogP contribution in [0.1, 0.15) is 30.9 Å². The molecular formula is C16H24ClN3O2. The molecule has 5 nitrogen and oxygen atoms in total. The summed E-state index contributed by atoms with van der Waals surface area (Å²) in [4.78, 5) is 27.2. The van der Waals surface area contributed by atoms with E-state index in [-0.39, 0.29) is 36.7 Å². The van der Waals surface area contributed by atoms with Gasteiger partial charge in [0.2, 0.25) is 11.8 Å². The molecule has 6 heteroatoms. The lowest BCUT2D eigenvalue weighted by Crippen LogP contribution is -2.37. The maximum Gasteiger partial charge on any atom is 0.224 e. The summed E-state index contributed by atoms with van der Waals surface area (Å²) in [5.74, 6) is 0.204. The van der Waals surface area contributed by atoms with Gasteiger partial charge in [-0.05, 0) is 12.0 Å². The molecule has 1 atom stereocenters. The fourth-order valence-corrected chi connectivity index (χ4v) is 2.50. The van der Waals surface area contributed by atoms with Gasteiger partial charge in [0.1, 0.15) is 0 Å². The van der Waals surface area contributed by atoms with Crippen LogP contribution in [-0.4, -0.2) is 48.3 Å². The summed E-state index contributed by atoms with van der Waals surface area (Å²) in [6, 6.07) is 9.35. The fourth-order valence-electron chi connectivity index (χ4n) is 2.50. The van der Waals surface area contributed by atoms with Crippen LogP contribution in [-0.2, 0) is 9.59 Å². The zero-order valence-corrected chi connectivity index (χ0v) is 13.7. The first-order chi connectivity index (χ1) is 10.1. The second-order valence-electron chi connectivity index (χ2n) is 5.52. The Balaban J connectivity index is 0.00000242. The molecule has 1 heterocycles. The van der Waals surface area contributed by atoms with E-state index in [1.807, 2.05) is 35.2 Å². The summed E-state index contributed by atoms with van der Waals surface area (Å²) < 4.78 is 0. The standard InChI is InChI=1S/C16H23N3O2.ClH/c1-18(10-11-19-9-5-8-15(19)20)16(21)12-14(17)13-6-3-2-4-7-13;/h2-4,6-7,14H,5,8-12,17H2,1H3;1H. The maximum absolute atomic E-state index is 12.2. The summed E-state index contributed by atoms with van der Waals surface area (Å²) in [7, 11) is 1.76. The molecule has 122 valence electrons. The van der Waals surface area contributed by atoms with Crippen molar-refractivity contribution in [2.24, 2.45) is 5.73 Å². The Hall–Kier alpha value is -1.59. The number of hydrogen-bond donors (Lipinski definition) is 1. The Labute approximate surface area is 137 Å². The van der Waals surface area contributed by atoms with Gasteiger partial charge in [0.05, 0.1) is 0 Å². The fraction of sp³-hybridized carbons (Fsp3) is 0.500. The van der Waals surface area contributed by atoms with E-state index < -0.39 is 0 Å². The lowest BCUT2D eigenvalue weighted by molar-refractivity contribution is -0.132. The number of carbonyl (C=O) groups is 2. The van der Waals surface area contributed by atoms with E-state index in [1.54, 1.807) is 11.9 Å². The number of amides is 2. The number of likely N-dealkylation sites (N-methyl/N-ethyl adjacent to an activating group) is 1. The Bertz CT molecular complexity index is 495. The Morgan fingerprint density at radius 2 is 2.05 bits per heavy atom. The lowest BCUT2D eigenvalue weighted by Gasteiger charge is -2.23. The van der Waals surface area contributed by atoms with Gasteiger partial charge >= 0.3 is 0 Å². The topological polar surface area (TPSA) is 66.6 Å². The molecule has 1 unspecified atom stereocenters. The van der Waals surface area contributed by atoms with Gasteiger partial charge in [-0.1, -0.05) is 30.3 Å². The van der Waals surface area contributed by atoms with E-state index in [2.05, 4.69) is 0 Å². The van der Waals surface area contributed by atoms with E-state index in [0.29, 0.717) is 19.5 Å². The molecule has 2 rings (SSSR count). The molecule has 0 saturated carbocycles. The van der Waals surface area contributed by atoms with Crippen molar-refractivity contribution in [1.29, 1.82) is 0 Å². The molecule has 0 aliphatic carbocycles. The van der Waals surface area contributed by atoms with Crippen LogP contribution in [0.25, 0.3) is 0 Å². The van der Waals surface area contributed by atoms with Crippen molar-refractivity contribution >= 4 is 24.2 Å². The number of hydrogen-bond acceptors (Lipinski definition) is 3. The van der Waals surface area contributed by atoms with Crippen molar-refractivity contribution < 1.29 is 9.59 Å². The predicted octanol–water partition coefficient (Wildman–Crippen LogP) is 1.58. The Kier molecular flexibility index (Phi) is 7.35. The van der Waals surface area contributed by atoms with Gasteiger partial charge in [-0.3, -0.25) is 9.59 Å². The minimum absolute atomic E-state index is 0. The summed E-state index contributed by atoms with van der Waals surface area (Å²) in [5, 5.41) is 0. The van der Waals surface area contributed by atoms with Crippen LogP contribution in [0.15, 0.2) is 30.3 Å². The average molecular weight is 326 g/mol. The SMILES string of the molecule is CN(CCN1CCCC1=O)C(=O)CC(N)c1ccccc1.Cl. The molecule has 1 aromatic carbocycles. The second kappa shape index (κ2) is 8.76. The minimum Gasteiger partial charge on any atom is -0.344 e. The first-order valence-corrected chi connectivity index (χ1v) is 7.40. The van der Waals surface area contributed by atoms with E-state index >= 15 is 0 Å². The average Bonchev–Trinajstić information content (AvgIpc) is 2.90. The molecule has 1 saturated heterocycles. The Morgan fingerprint density at radius 3 is 2.64 bits per heavy atom. The highest BCUT2D eigenvalue weighted by atomic mass is 35.5. The van der Waals surface area contributed by atoms with Crippen molar-refractivity contribution in [3.63, 3.8) is 0 Å². The molecule has 0 bridgehead atoms. The number of nitrogens with zero attached hydrogens (tertiary/aromatic N) is 2. The van der Waals surface area contributed by atoms with Crippen molar-refractivity contribution in [3.8, 4) is 0 Å². The van der Waals surface area contributed by atoms with Gasteiger partial charge < -0.3 is 15.5 Å². The van der Waals surface area contributed by atoms with Crippen LogP contribution in [0.4, 0.5) is 0 Å². The smallest absolute Gasteiger partial charge is 0.224 e. The van der Waals surface area contributed by atoms with Gasteiger partial charge in [-0.2, -0.15) is 0 Å². The summed E-state index contributed by atoms with van der Waals surface area (Å²) in [6.45, 7) is 1.98. The van der Waals surface area contributed by atoms with Crippen molar-refractivity contribution in [2.75, 3.05) is 26.7 Å². The second-order valence-corrected chi connectivity index (χ2v) is 5.52. The summed E-state index contributed by atoms with van der Waals surface area (Å²) in [6.07, 6.45) is 1.85. The van der Waals surface area contributed by atoms with Crippen molar-refractivity contribution in [2.45, 2.75) is 25.3 Å². The number of rotatable bonds is 6. The summed E-state index contributed by atoms with van der Waals surface area (Å²) in [5.41, 5.74) is 7.03. The molecule has 0 spiro atoms. The maximum atomic E-state index is 12.2. The van der Waals surface area contributed by atoms with Crippen LogP contribution in [0.5, 0.6) is 0 Å². The highest BCUT2D eigenvalue weighted by molar-refractivity contribution is 5.85. The number of halogens is 1. The zero-order chi connectivity index (χ0) is 15.2. The number of nitrogens with two attached hydrogens (primary N) is 1. The molecule has 22 heavy (non-hydrogen) atoms. The van der Waals surface area contributed by atoms with Crippen LogP contribution in [0, 0.1) is 0 Å². The normalized spacial score (nSPS) is 15.4. The Morgan fingerprint density at radius 1 is 1.36 bits per heavy atom. The van der Waals surface area contributed by atoms with Crippen LogP contribution < -0.4 is 5.73 Å². The van der Waals surface area contributed by atoms with Crippen molar-refractivity contribution in [3.05, 3.63) is 35.9 Å². The highest BCUT2D eigenvalue weighted by Gasteiger charge is 2.21. The van der Waals surface area contributed by atoms with Crippen molar-refractivity contribution in [1.82, 2.24) is 9.80 Å². The molecule has 1 aliphatic heterocycles. The van der Waals surface area contributed by atoms with Gasteiger partial charge in [0, 0.05) is 45.6 Å². The molecule has 2 N–H and O–H groups in total. The van der Waals surface area contributed by atoms with Crippen LogP contribution in [0.2, 0.25) is 0 Å². The monoisotopic (exact) mass is 325 g/mol. The van der Waals surface area contributed by atoms with Gasteiger partial charge in [-0.25, -0.2) is 0 Å². The molecule has 0 radical (unpaired) electrons. The predicted molar refractivity (Wildman–Crippen MR) is 88.7 cm³/mol. The first-order valence-electron chi connectivity index (χ1n) is 7.40. The number of likely N-dealkylation sites (tertiary alicyclic amines) is 1. The molecule has 1 aliphatic rings. The molecule has 1 aromatic rings. The highest BCUT2D eigenvalue weighted by Crippen LogP contribution is 2.14. The molecule has 2 amide bonds. The third kappa shape index (κ3) is 5.00. The van der Waals surface area contributed by atoms with E-state index in [4.69, 9.17) is 5.73 Å². The molecular weight excluding hydrogens is 302 g/mol. The van der Waals surface area contributed by atoms with Crippen LogP contribution >= 0.6 is 12.4 Å². The number of carbonyl (C=O) groups excluding carboxylic acids is 2. The minimum atomic E-state index is -0.283.